The van der Waals surface area contributed by atoms with Gasteiger partial charge in [0.1, 0.15) is 6.54 Å². The van der Waals surface area contributed by atoms with Crippen molar-refractivity contribution in [1.29, 1.82) is 0 Å². The maximum atomic E-state index is 12.0. The molecule has 1 aromatic heterocycles. The van der Waals surface area contributed by atoms with E-state index in [1.165, 1.54) is 0 Å². The van der Waals surface area contributed by atoms with Crippen LogP contribution in [0.5, 0.6) is 0 Å². The van der Waals surface area contributed by atoms with Crippen molar-refractivity contribution in [2.45, 2.75) is 50.5 Å². The molecule has 0 spiro atoms. The molecule has 40 heavy (non-hydrogen) atoms. The molecule has 1 aliphatic rings. The van der Waals surface area contributed by atoms with Gasteiger partial charge in [-0.05, 0) is 35.7 Å². The summed E-state index contributed by atoms with van der Waals surface area (Å²) in [6.45, 7) is 4.21. The first kappa shape index (κ1) is 29.5. The first-order chi connectivity index (χ1) is 19.5. The van der Waals surface area contributed by atoms with Crippen molar-refractivity contribution in [3.63, 3.8) is 0 Å². The molecule has 0 saturated carbocycles. The average molecular weight is 566 g/mol. The number of nitrogens with one attached hydrogen (secondary N) is 2. The molecule has 1 saturated heterocycles. The van der Waals surface area contributed by atoms with Gasteiger partial charge in [-0.15, -0.1) is 11.8 Å². The Bertz CT molecular complexity index is 1230. The number of benzene rings is 2. The van der Waals surface area contributed by atoms with Crippen LogP contribution in [0.25, 0.3) is 0 Å². The zero-order chi connectivity index (χ0) is 28.3. The molecule has 212 valence electrons. The van der Waals surface area contributed by atoms with Gasteiger partial charge in [-0.25, -0.2) is 9.78 Å². The standard InChI is InChI=1S/C30H35N3O6S/c1-3-37-27(35)17-33-30(36)32-16-21-7-13-24(14-8-21)29-38-25(19-40-26-6-4-5-15-31-26)20(2)28(39-29)23-11-9-22(18-34)10-12-23/h4-15,20,25,28-29,34H,3,16-19H2,1-2H3,(H2,32,33,36)/t20-,25+,28+,29+/m1/s1. The Morgan fingerprint density at radius 1 is 0.975 bits per heavy atom. The van der Waals surface area contributed by atoms with E-state index in [0.29, 0.717) is 12.3 Å². The number of pyridine rings is 1. The van der Waals surface area contributed by atoms with Crippen molar-refractivity contribution >= 4 is 23.8 Å². The van der Waals surface area contributed by atoms with E-state index in [4.69, 9.17) is 14.2 Å². The summed E-state index contributed by atoms with van der Waals surface area (Å²) in [5.74, 6) is 0.304. The molecule has 9 nitrogen and oxygen atoms in total. The highest BCUT2D eigenvalue weighted by molar-refractivity contribution is 7.99. The van der Waals surface area contributed by atoms with Crippen LogP contribution in [0.2, 0.25) is 0 Å². The van der Waals surface area contributed by atoms with Gasteiger partial charge < -0.3 is 30.0 Å². The molecule has 4 atom stereocenters. The molecule has 0 radical (unpaired) electrons. The van der Waals surface area contributed by atoms with Crippen LogP contribution >= 0.6 is 11.8 Å². The average Bonchev–Trinajstić information content (AvgIpc) is 2.99. The van der Waals surface area contributed by atoms with Gasteiger partial charge in [0.2, 0.25) is 0 Å². The third-order valence-electron chi connectivity index (χ3n) is 6.56. The molecule has 3 N–H and O–H groups in total. The quantitative estimate of drug-likeness (QED) is 0.229. The predicted molar refractivity (Wildman–Crippen MR) is 151 cm³/mol. The van der Waals surface area contributed by atoms with Crippen LogP contribution in [-0.4, -0.2) is 47.1 Å². The lowest BCUT2D eigenvalue weighted by molar-refractivity contribution is -0.268. The van der Waals surface area contributed by atoms with Gasteiger partial charge in [-0.2, -0.15) is 0 Å². The van der Waals surface area contributed by atoms with Crippen molar-refractivity contribution in [2.75, 3.05) is 18.9 Å². The summed E-state index contributed by atoms with van der Waals surface area (Å²) < 4.78 is 17.8. The minimum Gasteiger partial charge on any atom is -0.465 e. The van der Waals surface area contributed by atoms with E-state index in [1.54, 1.807) is 24.9 Å². The zero-order valence-electron chi connectivity index (χ0n) is 22.6. The molecule has 3 aromatic rings. The fraction of sp³-hybridized carbons (Fsp3) is 0.367. The SMILES string of the molecule is CCOC(=O)CNC(=O)NCc1ccc([C@H]2O[C@@H](CSc3ccccn3)[C@@H](C)[C@@H](c3ccc(CO)cc3)O2)cc1. The van der Waals surface area contributed by atoms with Gasteiger partial charge in [0.05, 0.1) is 30.4 Å². The van der Waals surface area contributed by atoms with Crippen LogP contribution in [0.4, 0.5) is 4.79 Å². The van der Waals surface area contributed by atoms with E-state index in [1.807, 2.05) is 66.7 Å². The summed E-state index contributed by atoms with van der Waals surface area (Å²) in [5, 5.41) is 15.6. The maximum Gasteiger partial charge on any atom is 0.325 e. The van der Waals surface area contributed by atoms with Crippen LogP contribution in [0, 0.1) is 5.92 Å². The minimum absolute atomic E-state index is 0.00923. The Kier molecular flexibility index (Phi) is 10.9. The number of hydrogen-bond donors (Lipinski definition) is 3. The number of aliphatic hydroxyl groups is 1. The number of carbonyl (C=O) groups excluding carboxylic acids is 2. The number of aliphatic hydroxyl groups excluding tert-OH is 1. The van der Waals surface area contributed by atoms with Gasteiger partial charge in [-0.1, -0.05) is 61.5 Å². The first-order valence-electron chi connectivity index (χ1n) is 13.3. The second-order valence-electron chi connectivity index (χ2n) is 9.38. The van der Waals surface area contributed by atoms with E-state index >= 15 is 0 Å². The highest BCUT2D eigenvalue weighted by Crippen LogP contribution is 2.42. The fourth-order valence-electron chi connectivity index (χ4n) is 4.31. The van der Waals surface area contributed by atoms with Crippen molar-refractivity contribution in [3.05, 3.63) is 95.2 Å². The van der Waals surface area contributed by atoms with E-state index < -0.39 is 18.3 Å². The Hall–Kier alpha value is -3.44. The molecule has 0 unspecified atom stereocenters. The summed E-state index contributed by atoms with van der Waals surface area (Å²) >= 11 is 1.65. The largest absolute Gasteiger partial charge is 0.465 e. The Morgan fingerprint density at radius 2 is 1.70 bits per heavy atom. The zero-order valence-corrected chi connectivity index (χ0v) is 23.4. The highest BCUT2D eigenvalue weighted by Gasteiger charge is 2.38. The van der Waals surface area contributed by atoms with Gasteiger partial charge in [0.15, 0.2) is 6.29 Å². The Balaban J connectivity index is 1.42. The fourth-order valence-corrected chi connectivity index (χ4v) is 5.34. The molecule has 2 aromatic carbocycles. The number of carbonyl (C=O) groups is 2. The molecular weight excluding hydrogens is 530 g/mol. The highest BCUT2D eigenvalue weighted by atomic mass is 32.2. The number of aromatic nitrogens is 1. The molecule has 2 heterocycles. The minimum atomic E-state index is -0.581. The Morgan fingerprint density at radius 3 is 2.38 bits per heavy atom. The van der Waals surface area contributed by atoms with E-state index in [9.17, 15) is 14.7 Å². The maximum absolute atomic E-state index is 12.0. The molecular formula is C30H35N3O6S. The summed E-state index contributed by atoms with van der Waals surface area (Å²) in [5.41, 5.74) is 3.63. The lowest BCUT2D eigenvalue weighted by atomic mass is 9.91. The molecule has 0 bridgehead atoms. The molecule has 4 rings (SSSR count). The van der Waals surface area contributed by atoms with Crippen LogP contribution in [0.15, 0.2) is 78.0 Å². The third-order valence-corrected chi connectivity index (χ3v) is 7.59. The number of amides is 2. The summed E-state index contributed by atoms with van der Waals surface area (Å²) in [4.78, 5) is 27.8. The van der Waals surface area contributed by atoms with Crippen molar-refractivity contribution in [2.24, 2.45) is 5.92 Å². The van der Waals surface area contributed by atoms with Crippen molar-refractivity contribution in [1.82, 2.24) is 15.6 Å². The van der Waals surface area contributed by atoms with Gasteiger partial charge in [0, 0.05) is 30.0 Å². The number of hydrogen-bond acceptors (Lipinski definition) is 8. The van der Waals surface area contributed by atoms with Crippen LogP contribution in [0.3, 0.4) is 0 Å². The van der Waals surface area contributed by atoms with E-state index in [0.717, 1.165) is 27.3 Å². The Labute approximate surface area is 238 Å². The topological polar surface area (TPSA) is 119 Å². The molecule has 0 aliphatic carbocycles. The molecule has 1 fully saturated rings. The van der Waals surface area contributed by atoms with Crippen molar-refractivity contribution in [3.8, 4) is 0 Å². The van der Waals surface area contributed by atoms with Gasteiger partial charge >= 0.3 is 12.0 Å². The smallest absolute Gasteiger partial charge is 0.325 e. The summed E-state index contributed by atoms with van der Waals surface area (Å²) in [6, 6.07) is 20.9. The second kappa shape index (κ2) is 14.8. The molecule has 1 aliphatic heterocycles. The monoisotopic (exact) mass is 565 g/mol. The lowest BCUT2D eigenvalue weighted by Crippen LogP contribution is -2.39. The van der Waals surface area contributed by atoms with Gasteiger partial charge in [-0.3, -0.25) is 4.79 Å². The lowest BCUT2D eigenvalue weighted by Gasteiger charge is -2.41. The predicted octanol–water partition coefficient (Wildman–Crippen LogP) is 4.52. The summed E-state index contributed by atoms with van der Waals surface area (Å²) in [7, 11) is 0. The van der Waals surface area contributed by atoms with E-state index in [-0.39, 0.29) is 37.9 Å². The van der Waals surface area contributed by atoms with Gasteiger partial charge in [0.25, 0.3) is 0 Å². The number of ether oxygens (including phenoxy) is 3. The van der Waals surface area contributed by atoms with Crippen molar-refractivity contribution < 1.29 is 28.9 Å². The molecule has 2 amide bonds. The summed E-state index contributed by atoms with van der Waals surface area (Å²) in [6.07, 6.45) is 0.900. The molecule has 10 heteroatoms. The van der Waals surface area contributed by atoms with Crippen LogP contribution in [0.1, 0.15) is 48.5 Å². The second-order valence-corrected chi connectivity index (χ2v) is 10.4. The normalized spacial score (nSPS) is 20.5. The number of rotatable bonds is 11. The number of urea groups is 1. The van der Waals surface area contributed by atoms with Crippen LogP contribution < -0.4 is 10.6 Å². The van der Waals surface area contributed by atoms with E-state index in [2.05, 4.69) is 22.5 Å². The number of thioether (sulfide) groups is 1. The van der Waals surface area contributed by atoms with Crippen LogP contribution in [-0.2, 0) is 32.2 Å². The third kappa shape index (κ3) is 8.28. The number of esters is 1. The number of nitrogens with zero attached hydrogens (tertiary/aromatic N) is 1. The first-order valence-corrected chi connectivity index (χ1v) is 14.3.